The maximum absolute atomic E-state index is 10.9. The molecule has 0 saturated heterocycles. The zero-order chi connectivity index (χ0) is 20.2. The van der Waals surface area contributed by atoms with Crippen LogP contribution in [0.1, 0.15) is 11.3 Å². The van der Waals surface area contributed by atoms with Crippen molar-refractivity contribution in [3.63, 3.8) is 0 Å². The lowest BCUT2D eigenvalue weighted by molar-refractivity contribution is -0.136. The number of hydrogen-bond acceptors (Lipinski definition) is 5. The quantitative estimate of drug-likeness (QED) is 0.521. The number of carbonyl (C=O) groups is 1. The monoisotopic (exact) mass is 385 g/mol. The fourth-order valence-electron chi connectivity index (χ4n) is 3.06. The molecule has 0 saturated carbocycles. The van der Waals surface area contributed by atoms with E-state index in [0.29, 0.717) is 11.5 Å². The molecule has 2 aromatic heterocycles. The fraction of sp³-hybridized carbons (Fsp3) is 0.0909. The molecule has 2 aromatic carbocycles. The summed E-state index contributed by atoms with van der Waals surface area (Å²) >= 11 is 0. The summed E-state index contributed by atoms with van der Waals surface area (Å²) in [6.07, 6.45) is 3.60. The Morgan fingerprint density at radius 3 is 2.72 bits per heavy atom. The van der Waals surface area contributed by atoms with Crippen LogP contribution in [0.3, 0.4) is 0 Å². The van der Waals surface area contributed by atoms with Crippen LogP contribution in [0.4, 0.5) is 11.6 Å². The molecule has 2 N–H and O–H groups in total. The molecule has 0 unspecified atom stereocenters. The van der Waals surface area contributed by atoms with Gasteiger partial charge >= 0.3 is 5.97 Å². The molecular formula is C22H19N5O2. The van der Waals surface area contributed by atoms with Crippen molar-refractivity contribution in [1.29, 1.82) is 0 Å². The number of hydrogen-bond donors (Lipinski definition) is 2. The predicted molar refractivity (Wildman–Crippen MR) is 110 cm³/mol. The summed E-state index contributed by atoms with van der Waals surface area (Å²) < 4.78 is 1.83. The number of carboxylic acids is 1. The lowest BCUT2D eigenvalue weighted by Crippen LogP contribution is -2.02. The normalized spacial score (nSPS) is 10.7. The molecular weight excluding hydrogens is 366 g/mol. The molecule has 7 heteroatoms. The summed E-state index contributed by atoms with van der Waals surface area (Å²) in [6.45, 7) is 1.94. The van der Waals surface area contributed by atoms with Gasteiger partial charge in [0, 0.05) is 23.6 Å². The van der Waals surface area contributed by atoms with E-state index in [1.807, 2.05) is 60.3 Å². The van der Waals surface area contributed by atoms with E-state index in [0.717, 1.165) is 28.3 Å². The lowest BCUT2D eigenvalue weighted by Gasteiger charge is -2.07. The first kappa shape index (κ1) is 18.4. The average molecular weight is 385 g/mol. The molecule has 7 nitrogen and oxygen atoms in total. The first-order valence-electron chi connectivity index (χ1n) is 9.11. The van der Waals surface area contributed by atoms with Gasteiger partial charge in [-0.15, -0.1) is 0 Å². The summed E-state index contributed by atoms with van der Waals surface area (Å²) in [7, 11) is 0. The van der Waals surface area contributed by atoms with Crippen molar-refractivity contribution < 1.29 is 9.90 Å². The molecule has 0 fully saturated rings. The van der Waals surface area contributed by atoms with Crippen LogP contribution in [-0.2, 0) is 11.2 Å². The van der Waals surface area contributed by atoms with E-state index >= 15 is 0 Å². The van der Waals surface area contributed by atoms with Crippen LogP contribution in [0.2, 0.25) is 0 Å². The van der Waals surface area contributed by atoms with Gasteiger partial charge in [-0.25, -0.2) is 14.6 Å². The topological polar surface area (TPSA) is 92.9 Å². The number of carboxylic acid groups (broad SMARTS) is 1. The number of aliphatic carboxylic acids is 1. The molecule has 2 heterocycles. The Bertz CT molecular complexity index is 1150. The average Bonchev–Trinajstić information content (AvgIpc) is 3.10. The van der Waals surface area contributed by atoms with Gasteiger partial charge < -0.3 is 10.4 Å². The minimum atomic E-state index is -0.869. The number of nitrogens with one attached hydrogen (secondary N) is 1. The summed E-state index contributed by atoms with van der Waals surface area (Å²) in [5.74, 6) is -0.437. The van der Waals surface area contributed by atoms with Crippen molar-refractivity contribution in [3.8, 4) is 16.9 Å². The second-order valence-corrected chi connectivity index (χ2v) is 6.57. The van der Waals surface area contributed by atoms with Crippen molar-refractivity contribution in [1.82, 2.24) is 19.7 Å². The van der Waals surface area contributed by atoms with Crippen molar-refractivity contribution in [2.24, 2.45) is 0 Å². The van der Waals surface area contributed by atoms with Crippen molar-refractivity contribution in [2.45, 2.75) is 13.3 Å². The Balaban J connectivity index is 1.60. The van der Waals surface area contributed by atoms with Gasteiger partial charge in [0.15, 0.2) is 0 Å². The maximum atomic E-state index is 10.9. The van der Waals surface area contributed by atoms with E-state index in [2.05, 4.69) is 20.4 Å². The van der Waals surface area contributed by atoms with Gasteiger partial charge in [-0.3, -0.25) is 4.79 Å². The van der Waals surface area contributed by atoms with E-state index in [1.165, 1.54) is 0 Å². The number of aryl methyl sites for hydroxylation is 1. The second kappa shape index (κ2) is 7.93. The second-order valence-electron chi connectivity index (χ2n) is 6.57. The van der Waals surface area contributed by atoms with E-state index in [-0.39, 0.29) is 6.42 Å². The Hall–Kier alpha value is -4.00. The third-order valence-corrected chi connectivity index (χ3v) is 4.39. The Labute approximate surface area is 167 Å². The fourth-order valence-corrected chi connectivity index (χ4v) is 3.06. The van der Waals surface area contributed by atoms with E-state index in [9.17, 15) is 4.79 Å². The van der Waals surface area contributed by atoms with Crippen LogP contribution in [-0.4, -0.2) is 30.8 Å². The number of aromatic nitrogens is 4. The number of para-hydroxylation sites is 1. The van der Waals surface area contributed by atoms with Crippen LogP contribution < -0.4 is 5.32 Å². The third kappa shape index (κ3) is 4.30. The number of nitrogens with zero attached hydrogens (tertiary/aromatic N) is 4. The minimum Gasteiger partial charge on any atom is -0.481 e. The molecule has 0 aliphatic heterocycles. The van der Waals surface area contributed by atoms with Crippen LogP contribution in [0.5, 0.6) is 0 Å². The zero-order valence-electron chi connectivity index (χ0n) is 15.8. The highest BCUT2D eigenvalue weighted by atomic mass is 16.4. The molecule has 0 radical (unpaired) electrons. The molecule has 0 aliphatic carbocycles. The van der Waals surface area contributed by atoms with Crippen molar-refractivity contribution in [2.75, 3.05) is 5.32 Å². The Kier molecular flexibility index (Phi) is 5.03. The standard InChI is InChI=1S/C22H19N5O2/c1-15-19(14-27(26-15)18-8-3-2-4-9-18)20-10-11-23-22(25-20)24-17-7-5-6-16(12-17)13-21(28)29/h2-12,14H,13H2,1H3,(H,28,29)(H,23,24,25). The molecule has 0 bridgehead atoms. The molecule has 0 spiro atoms. The van der Waals surface area contributed by atoms with E-state index < -0.39 is 5.97 Å². The number of anilines is 2. The summed E-state index contributed by atoms with van der Waals surface area (Å²) in [4.78, 5) is 19.8. The summed E-state index contributed by atoms with van der Waals surface area (Å²) in [5.41, 5.74) is 4.95. The molecule has 0 aliphatic rings. The van der Waals surface area contributed by atoms with Gasteiger partial charge in [0.2, 0.25) is 5.95 Å². The predicted octanol–water partition coefficient (Wildman–Crippen LogP) is 4.01. The van der Waals surface area contributed by atoms with Gasteiger partial charge in [-0.05, 0) is 42.8 Å². The first-order chi connectivity index (χ1) is 14.1. The Morgan fingerprint density at radius 1 is 1.10 bits per heavy atom. The highest BCUT2D eigenvalue weighted by molar-refractivity contribution is 5.71. The first-order valence-corrected chi connectivity index (χ1v) is 9.11. The van der Waals surface area contributed by atoms with Gasteiger partial charge in [0.05, 0.1) is 23.5 Å². The molecule has 0 amide bonds. The number of benzene rings is 2. The van der Waals surface area contributed by atoms with E-state index in [1.54, 1.807) is 24.4 Å². The van der Waals surface area contributed by atoms with Crippen LogP contribution in [0, 0.1) is 6.92 Å². The summed E-state index contributed by atoms with van der Waals surface area (Å²) in [6, 6.07) is 18.9. The Morgan fingerprint density at radius 2 is 1.93 bits per heavy atom. The zero-order valence-corrected chi connectivity index (χ0v) is 15.8. The molecule has 144 valence electrons. The number of rotatable bonds is 6. The highest BCUT2D eigenvalue weighted by Crippen LogP contribution is 2.24. The van der Waals surface area contributed by atoms with Gasteiger partial charge in [-0.1, -0.05) is 30.3 Å². The highest BCUT2D eigenvalue weighted by Gasteiger charge is 2.11. The molecule has 29 heavy (non-hydrogen) atoms. The minimum absolute atomic E-state index is 0.0335. The molecule has 4 aromatic rings. The van der Waals surface area contributed by atoms with E-state index in [4.69, 9.17) is 5.11 Å². The van der Waals surface area contributed by atoms with Crippen molar-refractivity contribution in [3.05, 3.63) is 84.3 Å². The SMILES string of the molecule is Cc1nn(-c2ccccc2)cc1-c1ccnc(Nc2cccc(CC(=O)O)c2)n1. The van der Waals surface area contributed by atoms with Gasteiger partial charge in [0.1, 0.15) is 0 Å². The maximum Gasteiger partial charge on any atom is 0.307 e. The molecule has 4 rings (SSSR count). The van der Waals surface area contributed by atoms with Gasteiger partial charge in [0.25, 0.3) is 0 Å². The van der Waals surface area contributed by atoms with Gasteiger partial charge in [-0.2, -0.15) is 5.10 Å². The lowest BCUT2D eigenvalue weighted by atomic mass is 10.1. The largest absolute Gasteiger partial charge is 0.481 e. The molecule has 0 atom stereocenters. The summed E-state index contributed by atoms with van der Waals surface area (Å²) in [5, 5.41) is 16.7. The van der Waals surface area contributed by atoms with Crippen LogP contribution in [0.25, 0.3) is 16.9 Å². The van der Waals surface area contributed by atoms with Crippen LogP contribution in [0.15, 0.2) is 73.1 Å². The van der Waals surface area contributed by atoms with Crippen molar-refractivity contribution >= 4 is 17.6 Å². The smallest absolute Gasteiger partial charge is 0.307 e. The van der Waals surface area contributed by atoms with Crippen LogP contribution >= 0.6 is 0 Å². The third-order valence-electron chi connectivity index (χ3n) is 4.39.